The summed E-state index contributed by atoms with van der Waals surface area (Å²) in [5, 5.41) is 3.70. The summed E-state index contributed by atoms with van der Waals surface area (Å²) >= 11 is 0. The highest BCUT2D eigenvalue weighted by atomic mass is 15.1. The number of nitrogen functional groups attached to an aromatic ring is 1. The van der Waals surface area contributed by atoms with Crippen LogP contribution in [0, 0.1) is 23.7 Å². The van der Waals surface area contributed by atoms with Gasteiger partial charge in [0.1, 0.15) is 5.82 Å². The van der Waals surface area contributed by atoms with Crippen LogP contribution in [0.4, 0.5) is 11.5 Å². The number of rotatable bonds is 2. The van der Waals surface area contributed by atoms with Gasteiger partial charge in [-0.3, -0.25) is 0 Å². The van der Waals surface area contributed by atoms with Gasteiger partial charge in [0.15, 0.2) is 0 Å². The normalized spacial score (nSPS) is 35.6. The van der Waals surface area contributed by atoms with Crippen LogP contribution in [0.25, 0.3) is 0 Å². The predicted octanol–water partition coefficient (Wildman–Crippen LogP) is 3.60. The topological polar surface area (TPSA) is 50.9 Å². The minimum absolute atomic E-state index is 0.351. The maximum absolute atomic E-state index is 5.85. The molecule has 0 aliphatic heterocycles. The molecule has 1 aromatic rings. The summed E-state index contributed by atoms with van der Waals surface area (Å²) in [7, 11) is 0. The molecule has 104 valence electrons. The number of hydrogen-bond donors (Lipinski definition) is 2. The Hall–Kier alpha value is -1.25. The number of nitrogens with two attached hydrogens (primary N) is 1. The van der Waals surface area contributed by atoms with Gasteiger partial charge < -0.3 is 11.1 Å². The molecule has 3 nitrogen and oxygen atoms in total. The maximum Gasteiger partial charge on any atom is 0.126 e. The van der Waals surface area contributed by atoms with Crippen LogP contribution in [0.15, 0.2) is 12.3 Å². The smallest absolute Gasteiger partial charge is 0.126 e. The molecule has 0 saturated heterocycles. The van der Waals surface area contributed by atoms with Gasteiger partial charge in [0.2, 0.25) is 0 Å². The van der Waals surface area contributed by atoms with Gasteiger partial charge in [-0.25, -0.2) is 4.98 Å². The summed E-state index contributed by atoms with van der Waals surface area (Å²) in [6.45, 7) is 9.28. The molecular weight excluding hydrogens is 234 g/mol. The van der Waals surface area contributed by atoms with Crippen molar-refractivity contribution in [3.8, 4) is 0 Å². The standard InChI is InChI=1S/C16H25N3/c1-10-7-13(18-9-12(10)17)19-14-15(2,3)11-5-6-16(14,4)8-11/h7,9,11,14H,5-6,8,17H2,1-4H3,(H,18,19). The van der Waals surface area contributed by atoms with Crippen molar-refractivity contribution in [2.45, 2.75) is 53.0 Å². The number of aromatic nitrogens is 1. The first-order valence-electron chi connectivity index (χ1n) is 7.31. The van der Waals surface area contributed by atoms with Crippen LogP contribution in [0.1, 0.15) is 45.6 Å². The Bertz CT molecular complexity index is 504. The second-order valence-corrected chi connectivity index (χ2v) is 7.42. The lowest BCUT2D eigenvalue weighted by molar-refractivity contribution is 0.155. The molecule has 2 aliphatic carbocycles. The molecule has 3 atom stereocenters. The van der Waals surface area contributed by atoms with Gasteiger partial charge in [0.05, 0.1) is 11.9 Å². The van der Waals surface area contributed by atoms with Gasteiger partial charge >= 0.3 is 0 Å². The van der Waals surface area contributed by atoms with Crippen molar-refractivity contribution in [2.75, 3.05) is 11.1 Å². The van der Waals surface area contributed by atoms with Gasteiger partial charge in [0, 0.05) is 6.04 Å². The first-order valence-corrected chi connectivity index (χ1v) is 7.31. The quantitative estimate of drug-likeness (QED) is 0.853. The fraction of sp³-hybridized carbons (Fsp3) is 0.688. The molecule has 2 fully saturated rings. The van der Waals surface area contributed by atoms with E-state index in [1.165, 1.54) is 19.3 Å². The molecule has 3 rings (SSSR count). The third kappa shape index (κ3) is 1.82. The molecule has 3 unspecified atom stereocenters. The molecule has 1 aromatic heterocycles. The van der Waals surface area contributed by atoms with Crippen molar-refractivity contribution >= 4 is 11.5 Å². The van der Waals surface area contributed by atoms with Crippen LogP contribution < -0.4 is 11.1 Å². The van der Waals surface area contributed by atoms with E-state index in [4.69, 9.17) is 5.73 Å². The van der Waals surface area contributed by atoms with Crippen LogP contribution in [0.3, 0.4) is 0 Å². The molecule has 1 heterocycles. The van der Waals surface area contributed by atoms with Crippen LogP contribution in [-0.2, 0) is 0 Å². The number of anilines is 2. The molecular formula is C16H25N3. The number of nitrogens with one attached hydrogen (secondary N) is 1. The maximum atomic E-state index is 5.85. The fourth-order valence-corrected chi connectivity index (χ4v) is 4.46. The second kappa shape index (κ2) is 3.87. The van der Waals surface area contributed by atoms with E-state index in [0.717, 1.165) is 23.0 Å². The average Bonchev–Trinajstić information content (AvgIpc) is 2.80. The molecule has 2 bridgehead atoms. The Morgan fingerprint density at radius 3 is 2.68 bits per heavy atom. The third-order valence-electron chi connectivity index (χ3n) is 5.71. The molecule has 2 saturated carbocycles. The van der Waals surface area contributed by atoms with Crippen LogP contribution in [-0.4, -0.2) is 11.0 Å². The van der Waals surface area contributed by atoms with Crippen LogP contribution >= 0.6 is 0 Å². The summed E-state index contributed by atoms with van der Waals surface area (Å²) in [6.07, 6.45) is 5.84. The minimum Gasteiger partial charge on any atom is -0.397 e. The van der Waals surface area contributed by atoms with E-state index in [9.17, 15) is 0 Å². The lowest BCUT2D eigenvalue weighted by Crippen LogP contribution is -2.45. The van der Waals surface area contributed by atoms with Gasteiger partial charge in [-0.1, -0.05) is 20.8 Å². The van der Waals surface area contributed by atoms with Gasteiger partial charge in [-0.2, -0.15) is 0 Å². The molecule has 2 aliphatic rings. The van der Waals surface area contributed by atoms with Crippen molar-refractivity contribution in [1.29, 1.82) is 0 Å². The number of pyridine rings is 1. The Morgan fingerprint density at radius 2 is 2.11 bits per heavy atom. The minimum atomic E-state index is 0.351. The number of fused-ring (bicyclic) bond motifs is 2. The lowest BCUT2D eigenvalue weighted by Gasteiger charge is -2.43. The monoisotopic (exact) mass is 259 g/mol. The zero-order valence-electron chi connectivity index (χ0n) is 12.5. The molecule has 3 N–H and O–H groups in total. The van der Waals surface area contributed by atoms with Gasteiger partial charge in [-0.15, -0.1) is 0 Å². The first kappa shape index (κ1) is 12.8. The predicted molar refractivity (Wildman–Crippen MR) is 80.0 cm³/mol. The zero-order valence-corrected chi connectivity index (χ0v) is 12.5. The summed E-state index contributed by atoms with van der Waals surface area (Å²) in [5.41, 5.74) is 8.49. The van der Waals surface area contributed by atoms with Crippen molar-refractivity contribution in [2.24, 2.45) is 16.7 Å². The summed E-state index contributed by atoms with van der Waals surface area (Å²) < 4.78 is 0. The molecule has 3 heteroatoms. The Morgan fingerprint density at radius 1 is 1.37 bits per heavy atom. The molecule has 19 heavy (non-hydrogen) atoms. The van der Waals surface area contributed by atoms with E-state index < -0.39 is 0 Å². The largest absolute Gasteiger partial charge is 0.397 e. The first-order chi connectivity index (χ1) is 8.83. The molecule has 0 spiro atoms. The highest BCUT2D eigenvalue weighted by Crippen LogP contribution is 2.63. The molecule has 0 radical (unpaired) electrons. The Kier molecular flexibility index (Phi) is 2.60. The van der Waals surface area contributed by atoms with Gasteiger partial charge in [-0.05, 0) is 54.6 Å². The SMILES string of the molecule is Cc1cc(NC2C3(C)CCC(C3)C2(C)C)ncc1N. The zero-order chi connectivity index (χ0) is 13.8. The highest BCUT2D eigenvalue weighted by Gasteiger charge is 2.59. The van der Waals surface area contributed by atoms with Crippen LogP contribution in [0.2, 0.25) is 0 Å². The van der Waals surface area contributed by atoms with Crippen molar-refractivity contribution in [3.63, 3.8) is 0 Å². The number of nitrogens with zero attached hydrogens (tertiary/aromatic N) is 1. The van der Waals surface area contributed by atoms with E-state index in [0.29, 0.717) is 16.9 Å². The summed E-state index contributed by atoms with van der Waals surface area (Å²) in [6, 6.07) is 2.58. The van der Waals surface area contributed by atoms with Crippen molar-refractivity contribution < 1.29 is 0 Å². The Labute approximate surface area is 116 Å². The fourth-order valence-electron chi connectivity index (χ4n) is 4.46. The van der Waals surface area contributed by atoms with Gasteiger partial charge in [0.25, 0.3) is 0 Å². The number of hydrogen-bond acceptors (Lipinski definition) is 3. The van der Waals surface area contributed by atoms with E-state index in [1.54, 1.807) is 6.20 Å². The average molecular weight is 259 g/mol. The van der Waals surface area contributed by atoms with E-state index >= 15 is 0 Å². The molecule has 0 aromatic carbocycles. The van der Waals surface area contributed by atoms with Crippen molar-refractivity contribution in [3.05, 3.63) is 17.8 Å². The Balaban J connectivity index is 1.88. The highest BCUT2D eigenvalue weighted by molar-refractivity contribution is 5.51. The lowest BCUT2D eigenvalue weighted by atomic mass is 9.68. The van der Waals surface area contributed by atoms with Crippen LogP contribution in [0.5, 0.6) is 0 Å². The number of aryl methyl sites for hydroxylation is 1. The van der Waals surface area contributed by atoms with E-state index in [1.807, 2.05) is 6.92 Å². The summed E-state index contributed by atoms with van der Waals surface area (Å²) in [4.78, 5) is 4.45. The summed E-state index contributed by atoms with van der Waals surface area (Å²) in [5.74, 6) is 1.82. The second-order valence-electron chi connectivity index (χ2n) is 7.42. The molecule has 0 amide bonds. The van der Waals surface area contributed by atoms with E-state index in [2.05, 4.69) is 37.1 Å². The van der Waals surface area contributed by atoms with Crippen molar-refractivity contribution in [1.82, 2.24) is 4.98 Å². The van der Waals surface area contributed by atoms with E-state index in [-0.39, 0.29) is 0 Å². The third-order valence-corrected chi connectivity index (χ3v) is 5.71.